The van der Waals surface area contributed by atoms with Gasteiger partial charge in [-0.05, 0) is 33.1 Å². The Morgan fingerprint density at radius 1 is 1.41 bits per heavy atom. The van der Waals surface area contributed by atoms with E-state index in [1.54, 1.807) is 11.3 Å². The van der Waals surface area contributed by atoms with E-state index >= 15 is 0 Å². The van der Waals surface area contributed by atoms with Crippen LogP contribution in [0, 0.1) is 13.8 Å². The van der Waals surface area contributed by atoms with E-state index in [-0.39, 0.29) is 17.3 Å². The average molecular weight is 344 g/mol. The van der Waals surface area contributed by atoms with Crippen LogP contribution in [0.4, 0.5) is 4.79 Å². The highest BCUT2D eigenvalue weighted by molar-refractivity contribution is 7.85. The van der Waals surface area contributed by atoms with Crippen molar-refractivity contribution < 1.29 is 9.00 Å². The van der Waals surface area contributed by atoms with Gasteiger partial charge in [-0.3, -0.25) is 4.21 Å². The second kappa shape index (κ2) is 8.06. The molecule has 1 saturated carbocycles. The Hall–Kier alpha value is -0.950. The summed E-state index contributed by atoms with van der Waals surface area (Å²) < 4.78 is 11.9. The molecule has 1 heterocycles. The van der Waals surface area contributed by atoms with Crippen molar-refractivity contribution in [3.8, 4) is 0 Å². The van der Waals surface area contributed by atoms with Crippen LogP contribution in [-0.2, 0) is 17.3 Å². The lowest BCUT2D eigenvalue weighted by Gasteiger charge is -2.29. The first kappa shape index (κ1) is 17.4. The first-order valence-electron chi connectivity index (χ1n) is 7.84. The van der Waals surface area contributed by atoms with Gasteiger partial charge in [-0.2, -0.15) is 0 Å². The number of aromatic nitrogens is 1. The maximum atomic E-state index is 12.0. The summed E-state index contributed by atoms with van der Waals surface area (Å²) in [4.78, 5) is 17.6. The number of nitrogens with one attached hydrogen (secondary N) is 2. The smallest absolute Gasteiger partial charge is 0.315 e. The largest absolute Gasteiger partial charge is 0.335 e. The van der Waals surface area contributed by atoms with Crippen LogP contribution in [0.25, 0.3) is 0 Å². The van der Waals surface area contributed by atoms with Crippen LogP contribution in [0.5, 0.6) is 0 Å². The number of hydrogen-bond acceptors (Lipinski definition) is 4. The number of amides is 2. The maximum Gasteiger partial charge on any atom is 0.315 e. The molecule has 2 rings (SSSR count). The summed E-state index contributed by atoms with van der Waals surface area (Å²) >= 11 is 1.62. The molecule has 1 aliphatic rings. The molecule has 22 heavy (non-hydrogen) atoms. The number of aryl methyl sites for hydroxylation is 2. The lowest BCUT2D eigenvalue weighted by atomic mass is 9.95. The Kier molecular flexibility index (Phi) is 6.37. The Bertz CT molecular complexity index is 525. The van der Waals surface area contributed by atoms with Crippen molar-refractivity contribution in [2.24, 2.45) is 0 Å². The van der Waals surface area contributed by atoms with Crippen molar-refractivity contribution >= 4 is 28.2 Å². The van der Waals surface area contributed by atoms with Gasteiger partial charge in [-0.25, -0.2) is 9.78 Å². The lowest BCUT2D eigenvalue weighted by Crippen LogP contribution is -2.45. The van der Waals surface area contributed by atoms with Gasteiger partial charge in [0.2, 0.25) is 0 Å². The number of hydrogen-bond donors (Lipinski definition) is 2. The fraction of sp³-hybridized carbons (Fsp3) is 0.733. The van der Waals surface area contributed by atoms with Crippen LogP contribution in [0.3, 0.4) is 0 Å². The molecule has 3 unspecified atom stereocenters. The SMILES string of the molecule is CCS(=O)C1CCCC(NC(=O)NCc2nc(C)c(C)s2)C1. The molecule has 0 saturated heterocycles. The first-order chi connectivity index (χ1) is 10.5. The third-order valence-corrected chi connectivity index (χ3v) is 6.90. The molecule has 0 aromatic carbocycles. The Labute approximate surface area is 138 Å². The van der Waals surface area contributed by atoms with Gasteiger partial charge in [-0.1, -0.05) is 13.3 Å². The second-order valence-corrected chi connectivity index (χ2v) is 9.02. The molecule has 3 atom stereocenters. The van der Waals surface area contributed by atoms with Gasteiger partial charge in [0.1, 0.15) is 5.01 Å². The van der Waals surface area contributed by atoms with Gasteiger partial charge < -0.3 is 10.6 Å². The summed E-state index contributed by atoms with van der Waals surface area (Å²) in [6.07, 6.45) is 3.84. The van der Waals surface area contributed by atoms with Crippen molar-refractivity contribution in [3.63, 3.8) is 0 Å². The highest BCUT2D eigenvalue weighted by atomic mass is 32.2. The highest BCUT2D eigenvalue weighted by Crippen LogP contribution is 2.23. The molecular formula is C15H25N3O2S2. The van der Waals surface area contributed by atoms with E-state index in [9.17, 15) is 9.00 Å². The number of carbonyl (C=O) groups excluding carboxylic acids is 1. The summed E-state index contributed by atoms with van der Waals surface area (Å²) in [7, 11) is -0.762. The fourth-order valence-corrected chi connectivity index (χ4v) is 4.98. The van der Waals surface area contributed by atoms with Gasteiger partial charge in [0.25, 0.3) is 0 Å². The Morgan fingerprint density at radius 3 is 2.82 bits per heavy atom. The molecule has 0 bridgehead atoms. The molecule has 0 aliphatic heterocycles. The molecule has 2 amide bonds. The van der Waals surface area contributed by atoms with Gasteiger partial charge >= 0.3 is 6.03 Å². The molecule has 1 aromatic heterocycles. The number of rotatable bonds is 5. The lowest BCUT2D eigenvalue weighted by molar-refractivity contribution is 0.232. The second-order valence-electron chi connectivity index (χ2n) is 5.73. The first-order valence-corrected chi connectivity index (χ1v) is 10.0. The van der Waals surface area contributed by atoms with Crippen LogP contribution in [0.1, 0.15) is 48.2 Å². The Morgan fingerprint density at radius 2 is 2.18 bits per heavy atom. The molecule has 124 valence electrons. The molecule has 0 spiro atoms. The summed E-state index contributed by atoms with van der Waals surface area (Å²) in [5.74, 6) is 0.701. The van der Waals surface area contributed by atoms with Gasteiger partial charge in [0.05, 0.1) is 12.2 Å². The fourth-order valence-electron chi connectivity index (χ4n) is 2.76. The van der Waals surface area contributed by atoms with E-state index in [1.807, 2.05) is 20.8 Å². The van der Waals surface area contributed by atoms with Gasteiger partial charge in [-0.15, -0.1) is 11.3 Å². The van der Waals surface area contributed by atoms with Crippen molar-refractivity contribution in [2.45, 2.75) is 64.3 Å². The molecular weight excluding hydrogens is 318 g/mol. The molecule has 2 N–H and O–H groups in total. The number of nitrogens with zero attached hydrogens (tertiary/aromatic N) is 1. The van der Waals surface area contributed by atoms with Crippen LogP contribution in [0.15, 0.2) is 0 Å². The summed E-state index contributed by atoms with van der Waals surface area (Å²) in [6.45, 7) is 6.43. The summed E-state index contributed by atoms with van der Waals surface area (Å²) in [6, 6.07) is -0.0209. The zero-order chi connectivity index (χ0) is 16.1. The predicted molar refractivity (Wildman–Crippen MR) is 91.7 cm³/mol. The number of urea groups is 1. The van der Waals surface area contributed by atoms with E-state index in [0.717, 1.165) is 36.4 Å². The summed E-state index contributed by atoms with van der Waals surface area (Å²) in [5.41, 5.74) is 1.03. The molecule has 0 radical (unpaired) electrons. The van der Waals surface area contributed by atoms with E-state index in [0.29, 0.717) is 12.3 Å². The normalized spacial score (nSPS) is 23.0. The van der Waals surface area contributed by atoms with Crippen LogP contribution < -0.4 is 10.6 Å². The molecule has 7 heteroatoms. The zero-order valence-electron chi connectivity index (χ0n) is 13.5. The third-order valence-electron chi connectivity index (χ3n) is 4.09. The van der Waals surface area contributed by atoms with E-state index in [2.05, 4.69) is 15.6 Å². The standard InChI is InChI=1S/C15H25N3O2S2/c1-4-22(20)13-7-5-6-12(8-13)18-15(19)16-9-14-17-10(2)11(3)21-14/h12-13H,4-9H2,1-3H3,(H2,16,18,19). The van der Waals surface area contributed by atoms with Crippen molar-refractivity contribution in [2.75, 3.05) is 5.75 Å². The van der Waals surface area contributed by atoms with Gasteiger partial charge in [0, 0.05) is 32.7 Å². The Balaban J connectivity index is 1.77. The molecule has 5 nitrogen and oxygen atoms in total. The minimum Gasteiger partial charge on any atom is -0.335 e. The number of thiazole rings is 1. The van der Waals surface area contributed by atoms with Crippen LogP contribution in [-0.4, -0.2) is 32.3 Å². The van der Waals surface area contributed by atoms with Crippen molar-refractivity contribution in [3.05, 3.63) is 15.6 Å². The maximum absolute atomic E-state index is 12.0. The third kappa shape index (κ3) is 4.78. The van der Waals surface area contributed by atoms with Crippen molar-refractivity contribution in [1.82, 2.24) is 15.6 Å². The minimum atomic E-state index is -0.762. The molecule has 1 aliphatic carbocycles. The monoisotopic (exact) mass is 343 g/mol. The highest BCUT2D eigenvalue weighted by Gasteiger charge is 2.26. The van der Waals surface area contributed by atoms with Crippen molar-refractivity contribution in [1.29, 1.82) is 0 Å². The minimum absolute atomic E-state index is 0.133. The van der Waals surface area contributed by atoms with Crippen LogP contribution in [0.2, 0.25) is 0 Å². The summed E-state index contributed by atoms with van der Waals surface area (Å²) in [5, 5.41) is 7.04. The zero-order valence-corrected chi connectivity index (χ0v) is 15.1. The van der Waals surface area contributed by atoms with E-state index in [1.165, 1.54) is 4.88 Å². The average Bonchev–Trinajstić information content (AvgIpc) is 2.83. The predicted octanol–water partition coefficient (Wildman–Crippen LogP) is 2.64. The van der Waals surface area contributed by atoms with E-state index in [4.69, 9.17) is 0 Å². The van der Waals surface area contributed by atoms with Crippen LogP contribution >= 0.6 is 11.3 Å². The molecule has 1 fully saturated rings. The van der Waals surface area contributed by atoms with E-state index < -0.39 is 10.8 Å². The van der Waals surface area contributed by atoms with Gasteiger partial charge in [0.15, 0.2) is 0 Å². The topological polar surface area (TPSA) is 71.1 Å². The molecule has 1 aromatic rings. The number of carbonyl (C=O) groups is 1. The quantitative estimate of drug-likeness (QED) is 0.863.